The standard InChI is InChI=1S/C19H21N3O4.Li/c1-13(14-2-4-16-17(10-14)26-12-25-16)21-6-8-22(9-7-21)18-5-3-15(11-20-18)19(23)24;/h2-5,10-11,13H,6-9,12H2,1H3,(H,23,24);/q;+1/p-1/t13-;/m0./s1. The zero-order chi connectivity index (χ0) is 18.1. The first-order valence-electron chi connectivity index (χ1n) is 8.68. The second kappa shape index (κ2) is 8.22. The SMILES string of the molecule is C[C@@H](c1ccc2c(c1)OCO2)N1CCN(c2ccc(C(=O)[O-])cn2)CC1.[Li+]. The van der Waals surface area contributed by atoms with Crippen molar-refractivity contribution in [2.24, 2.45) is 0 Å². The predicted octanol–water partition coefficient (Wildman–Crippen LogP) is -1.94. The molecule has 1 aromatic carbocycles. The van der Waals surface area contributed by atoms with Crippen molar-refractivity contribution in [3.63, 3.8) is 0 Å². The summed E-state index contributed by atoms with van der Waals surface area (Å²) >= 11 is 0. The van der Waals surface area contributed by atoms with Crippen LogP contribution in [0.4, 0.5) is 5.82 Å². The Bertz CT molecular complexity index is 807. The van der Waals surface area contributed by atoms with Gasteiger partial charge in [0.2, 0.25) is 6.79 Å². The van der Waals surface area contributed by atoms with Crippen LogP contribution in [0.5, 0.6) is 11.5 Å². The number of nitrogens with zero attached hydrogens (tertiary/aromatic N) is 3. The summed E-state index contributed by atoms with van der Waals surface area (Å²) in [5.41, 5.74) is 1.31. The van der Waals surface area contributed by atoms with Crippen LogP contribution in [-0.4, -0.2) is 48.8 Å². The monoisotopic (exact) mass is 361 g/mol. The summed E-state index contributed by atoms with van der Waals surface area (Å²) in [6.07, 6.45) is 1.35. The summed E-state index contributed by atoms with van der Waals surface area (Å²) in [5.74, 6) is 1.21. The van der Waals surface area contributed by atoms with Gasteiger partial charge in [0.25, 0.3) is 0 Å². The number of benzene rings is 1. The van der Waals surface area contributed by atoms with Crippen molar-refractivity contribution in [1.29, 1.82) is 0 Å². The second-order valence-corrected chi connectivity index (χ2v) is 6.50. The molecule has 7 nitrogen and oxygen atoms in total. The number of piperazine rings is 1. The fourth-order valence-electron chi connectivity index (χ4n) is 3.42. The molecule has 2 aliphatic rings. The molecule has 4 rings (SSSR count). The summed E-state index contributed by atoms with van der Waals surface area (Å²) in [6, 6.07) is 9.67. The topological polar surface area (TPSA) is 78.0 Å². The predicted molar refractivity (Wildman–Crippen MR) is 93.3 cm³/mol. The Balaban J connectivity index is 0.00000210. The third kappa shape index (κ3) is 4.06. The van der Waals surface area contributed by atoms with E-state index in [1.807, 2.05) is 6.07 Å². The van der Waals surface area contributed by atoms with Crippen LogP contribution in [-0.2, 0) is 0 Å². The molecule has 1 aromatic heterocycles. The second-order valence-electron chi connectivity index (χ2n) is 6.50. The number of fused-ring (bicyclic) bond motifs is 1. The first-order valence-corrected chi connectivity index (χ1v) is 8.68. The van der Waals surface area contributed by atoms with Crippen molar-refractivity contribution in [1.82, 2.24) is 9.88 Å². The van der Waals surface area contributed by atoms with Crippen molar-refractivity contribution in [3.8, 4) is 11.5 Å². The van der Waals surface area contributed by atoms with E-state index in [1.165, 1.54) is 11.8 Å². The molecule has 2 aromatic rings. The molecule has 0 unspecified atom stereocenters. The number of aromatic carboxylic acids is 1. The number of carbonyl (C=O) groups is 1. The molecule has 0 amide bonds. The number of carbonyl (C=O) groups excluding carboxylic acids is 1. The van der Waals surface area contributed by atoms with E-state index in [9.17, 15) is 9.90 Å². The van der Waals surface area contributed by atoms with Crippen molar-refractivity contribution in [3.05, 3.63) is 47.7 Å². The molecule has 1 saturated heterocycles. The van der Waals surface area contributed by atoms with Crippen LogP contribution in [0.25, 0.3) is 0 Å². The summed E-state index contributed by atoms with van der Waals surface area (Å²) in [4.78, 5) is 19.7. The van der Waals surface area contributed by atoms with Crippen LogP contribution in [0.1, 0.15) is 28.9 Å². The van der Waals surface area contributed by atoms with Crippen LogP contribution in [0, 0.1) is 0 Å². The number of hydrogen-bond donors (Lipinski definition) is 0. The van der Waals surface area contributed by atoms with Crippen LogP contribution in [0.2, 0.25) is 0 Å². The van der Waals surface area contributed by atoms with Gasteiger partial charge >= 0.3 is 18.9 Å². The molecule has 8 heteroatoms. The van der Waals surface area contributed by atoms with Crippen molar-refractivity contribution < 1.29 is 38.2 Å². The molecule has 3 heterocycles. The third-order valence-electron chi connectivity index (χ3n) is 5.05. The van der Waals surface area contributed by atoms with Crippen LogP contribution in [0.15, 0.2) is 36.5 Å². The Hall–Kier alpha value is -2.20. The van der Waals surface area contributed by atoms with Gasteiger partial charge in [0.15, 0.2) is 11.5 Å². The summed E-state index contributed by atoms with van der Waals surface area (Å²) < 4.78 is 10.8. The maximum absolute atomic E-state index is 10.8. The van der Waals surface area contributed by atoms with Gasteiger partial charge in [-0.05, 0) is 36.8 Å². The summed E-state index contributed by atoms with van der Waals surface area (Å²) in [6.45, 7) is 5.97. The summed E-state index contributed by atoms with van der Waals surface area (Å²) in [5, 5.41) is 10.8. The van der Waals surface area contributed by atoms with Gasteiger partial charge in [-0.3, -0.25) is 4.90 Å². The smallest absolute Gasteiger partial charge is 0.545 e. The molecular formula is C19H20LiN3O4. The molecule has 0 N–H and O–H groups in total. The molecule has 27 heavy (non-hydrogen) atoms. The number of carboxylic acids is 1. The fourth-order valence-corrected chi connectivity index (χ4v) is 3.42. The van der Waals surface area contributed by atoms with Gasteiger partial charge in [0, 0.05) is 44.0 Å². The number of rotatable bonds is 4. The van der Waals surface area contributed by atoms with Gasteiger partial charge in [0.1, 0.15) is 5.82 Å². The Morgan fingerprint density at radius 3 is 2.52 bits per heavy atom. The number of carboxylic acid groups (broad SMARTS) is 1. The third-order valence-corrected chi connectivity index (χ3v) is 5.05. The van der Waals surface area contributed by atoms with Gasteiger partial charge in [-0.15, -0.1) is 0 Å². The minimum Gasteiger partial charge on any atom is -0.545 e. The number of hydrogen-bond acceptors (Lipinski definition) is 7. The van der Waals surface area contributed by atoms with Crippen molar-refractivity contribution in [2.75, 3.05) is 37.9 Å². The van der Waals surface area contributed by atoms with Crippen molar-refractivity contribution in [2.45, 2.75) is 13.0 Å². The van der Waals surface area contributed by atoms with Crippen LogP contribution in [0.3, 0.4) is 0 Å². The zero-order valence-corrected chi connectivity index (χ0v) is 15.6. The maximum atomic E-state index is 10.8. The van der Waals surface area contributed by atoms with Gasteiger partial charge in [-0.25, -0.2) is 4.98 Å². The molecule has 2 aliphatic heterocycles. The Morgan fingerprint density at radius 1 is 1.11 bits per heavy atom. The quantitative estimate of drug-likeness (QED) is 0.587. The number of aromatic nitrogens is 1. The fraction of sp³-hybridized carbons (Fsp3) is 0.368. The van der Waals surface area contributed by atoms with Gasteiger partial charge in [0.05, 0.1) is 5.97 Å². The van der Waals surface area contributed by atoms with E-state index in [-0.39, 0.29) is 37.3 Å². The molecule has 0 saturated carbocycles. The molecule has 0 spiro atoms. The largest absolute Gasteiger partial charge is 1.00 e. The minimum atomic E-state index is -1.20. The van der Waals surface area contributed by atoms with Gasteiger partial charge < -0.3 is 24.3 Å². The molecular weight excluding hydrogens is 341 g/mol. The van der Waals surface area contributed by atoms with Crippen LogP contribution < -0.4 is 38.3 Å². The number of ether oxygens (including phenoxy) is 2. The molecule has 1 atom stereocenters. The van der Waals surface area contributed by atoms with E-state index in [4.69, 9.17) is 9.47 Å². The Labute approximate surface area is 170 Å². The van der Waals surface area contributed by atoms with E-state index in [0.717, 1.165) is 43.5 Å². The maximum Gasteiger partial charge on any atom is 1.00 e. The van der Waals surface area contributed by atoms with E-state index >= 15 is 0 Å². The first kappa shape index (κ1) is 19.6. The van der Waals surface area contributed by atoms with Crippen LogP contribution >= 0.6 is 0 Å². The average molecular weight is 361 g/mol. The van der Waals surface area contributed by atoms with E-state index in [2.05, 4.69) is 33.8 Å². The molecule has 136 valence electrons. The molecule has 0 bridgehead atoms. The van der Waals surface area contributed by atoms with Gasteiger partial charge in [-0.1, -0.05) is 6.07 Å². The van der Waals surface area contributed by atoms with Crippen molar-refractivity contribution >= 4 is 11.8 Å². The summed E-state index contributed by atoms with van der Waals surface area (Å²) in [7, 11) is 0. The van der Waals surface area contributed by atoms with Gasteiger partial charge in [-0.2, -0.15) is 0 Å². The normalized spacial score (nSPS) is 17.3. The van der Waals surface area contributed by atoms with E-state index in [0.29, 0.717) is 0 Å². The Morgan fingerprint density at radius 2 is 1.85 bits per heavy atom. The minimum absolute atomic E-state index is 0. The first-order chi connectivity index (χ1) is 12.6. The molecule has 0 radical (unpaired) electrons. The number of anilines is 1. The van der Waals surface area contributed by atoms with E-state index in [1.54, 1.807) is 12.1 Å². The van der Waals surface area contributed by atoms with E-state index < -0.39 is 5.97 Å². The average Bonchev–Trinajstić information content (AvgIpc) is 3.15. The number of pyridine rings is 1. The Kier molecular flexibility index (Phi) is 5.95. The molecule has 1 fully saturated rings. The molecule has 0 aliphatic carbocycles. The zero-order valence-electron chi connectivity index (χ0n) is 15.6.